The van der Waals surface area contributed by atoms with Gasteiger partial charge >= 0.3 is 0 Å². The molecule has 4 nitrogen and oxygen atoms in total. The lowest BCUT2D eigenvalue weighted by molar-refractivity contribution is 0.245. The molecule has 1 aromatic carbocycles. The summed E-state index contributed by atoms with van der Waals surface area (Å²) in [4.78, 5) is 0. The molecule has 112 valence electrons. The minimum atomic E-state index is -0.248. The third kappa shape index (κ3) is 3.14. The minimum absolute atomic E-state index is 0.244. The summed E-state index contributed by atoms with van der Waals surface area (Å²) in [5.41, 5.74) is 2.51. The van der Waals surface area contributed by atoms with E-state index < -0.39 is 0 Å². The van der Waals surface area contributed by atoms with Gasteiger partial charge in [-0.2, -0.15) is 5.10 Å². The Kier molecular flexibility index (Phi) is 4.03. The van der Waals surface area contributed by atoms with E-state index in [2.05, 4.69) is 15.5 Å². The van der Waals surface area contributed by atoms with Crippen molar-refractivity contribution >= 4 is 0 Å². The molecule has 0 amide bonds. The molecule has 1 aliphatic rings. The molecule has 1 aromatic heterocycles. The highest BCUT2D eigenvalue weighted by Gasteiger charge is 2.41. The number of nitrogens with zero attached hydrogens (tertiary/aromatic N) is 1. The molecule has 3 N–H and O–H groups in total. The smallest absolute Gasteiger partial charge is 0.132 e. The summed E-state index contributed by atoms with van der Waals surface area (Å²) < 4.78 is 13.9. The zero-order valence-electron chi connectivity index (χ0n) is 11.9. The molecule has 1 aliphatic carbocycles. The van der Waals surface area contributed by atoms with Crippen LogP contribution in [0.5, 0.6) is 0 Å². The minimum Gasteiger partial charge on any atom is -0.396 e. The molecule has 21 heavy (non-hydrogen) atoms. The van der Waals surface area contributed by atoms with Crippen LogP contribution in [0.15, 0.2) is 30.5 Å². The second-order valence-corrected chi connectivity index (χ2v) is 5.83. The second-order valence-electron chi connectivity index (χ2n) is 5.83. The first-order chi connectivity index (χ1) is 10.2. The van der Waals surface area contributed by atoms with E-state index in [0.29, 0.717) is 12.1 Å². The van der Waals surface area contributed by atoms with Gasteiger partial charge in [-0.25, -0.2) is 4.39 Å². The first-order valence-electron chi connectivity index (χ1n) is 7.33. The number of H-pyrrole nitrogens is 1. The molecule has 0 aliphatic heterocycles. The van der Waals surface area contributed by atoms with Crippen molar-refractivity contribution in [3.05, 3.63) is 41.8 Å². The third-order valence-corrected chi connectivity index (χ3v) is 4.28. The molecular formula is C16H20FN3O. The predicted octanol–water partition coefficient (Wildman–Crippen LogP) is 2.47. The van der Waals surface area contributed by atoms with E-state index in [0.717, 1.165) is 24.2 Å². The van der Waals surface area contributed by atoms with Crippen LogP contribution in [0.1, 0.15) is 24.8 Å². The number of halogens is 1. The number of hydrogen-bond donors (Lipinski definition) is 3. The average Bonchev–Trinajstić information content (AvgIpc) is 3.08. The van der Waals surface area contributed by atoms with Crippen LogP contribution in [0.2, 0.25) is 0 Å². The van der Waals surface area contributed by atoms with E-state index in [1.807, 2.05) is 6.07 Å². The largest absolute Gasteiger partial charge is 0.396 e. The van der Waals surface area contributed by atoms with Crippen molar-refractivity contribution in [3.8, 4) is 11.3 Å². The maximum absolute atomic E-state index is 13.9. The first kappa shape index (κ1) is 14.2. The lowest BCUT2D eigenvalue weighted by atomic mass is 10.0. The number of aliphatic hydroxyl groups excluding tert-OH is 1. The zero-order chi connectivity index (χ0) is 14.7. The Bertz CT molecular complexity index is 607. The number of benzene rings is 1. The predicted molar refractivity (Wildman–Crippen MR) is 79.1 cm³/mol. The molecule has 1 heterocycles. The van der Waals surface area contributed by atoms with E-state index in [9.17, 15) is 4.39 Å². The lowest BCUT2D eigenvalue weighted by Gasteiger charge is -2.14. The summed E-state index contributed by atoms with van der Waals surface area (Å²) in [5.74, 6) is -0.248. The summed E-state index contributed by atoms with van der Waals surface area (Å²) in [6.07, 6.45) is 4.93. The fraction of sp³-hybridized carbons (Fsp3) is 0.438. The van der Waals surface area contributed by atoms with Crippen LogP contribution in [0.4, 0.5) is 4.39 Å². The SMILES string of the molecule is OCCC1(CNCc2cn[nH]c2-c2ccccc2F)CC1. The van der Waals surface area contributed by atoms with Gasteiger partial charge in [0, 0.05) is 30.8 Å². The molecule has 0 unspecified atom stereocenters. The van der Waals surface area contributed by atoms with E-state index in [4.69, 9.17) is 5.11 Å². The van der Waals surface area contributed by atoms with Gasteiger partial charge < -0.3 is 10.4 Å². The highest BCUT2D eigenvalue weighted by molar-refractivity contribution is 5.63. The highest BCUT2D eigenvalue weighted by atomic mass is 19.1. The number of rotatable bonds is 7. The molecule has 1 fully saturated rings. The van der Waals surface area contributed by atoms with Crippen LogP contribution >= 0.6 is 0 Å². The van der Waals surface area contributed by atoms with Gasteiger partial charge in [0.25, 0.3) is 0 Å². The molecule has 0 atom stereocenters. The second kappa shape index (κ2) is 5.95. The monoisotopic (exact) mass is 289 g/mol. The number of aliphatic hydroxyl groups is 1. The number of aromatic nitrogens is 2. The summed E-state index contributed by atoms with van der Waals surface area (Å²) in [6, 6.07) is 6.70. The summed E-state index contributed by atoms with van der Waals surface area (Å²) in [6.45, 7) is 1.77. The van der Waals surface area contributed by atoms with Gasteiger partial charge in [0.1, 0.15) is 5.82 Å². The molecule has 2 aromatic rings. The Balaban J connectivity index is 1.65. The van der Waals surface area contributed by atoms with Crippen molar-refractivity contribution in [3.63, 3.8) is 0 Å². The first-order valence-corrected chi connectivity index (χ1v) is 7.33. The number of nitrogens with one attached hydrogen (secondary N) is 2. The van der Waals surface area contributed by atoms with E-state index in [1.165, 1.54) is 18.9 Å². The summed E-state index contributed by atoms with van der Waals surface area (Å²) >= 11 is 0. The Morgan fingerprint density at radius 3 is 2.86 bits per heavy atom. The van der Waals surface area contributed by atoms with Gasteiger partial charge in [0.2, 0.25) is 0 Å². The van der Waals surface area contributed by atoms with E-state index in [-0.39, 0.29) is 17.8 Å². The van der Waals surface area contributed by atoms with Crippen LogP contribution in [0, 0.1) is 11.2 Å². The van der Waals surface area contributed by atoms with Crippen LogP contribution in [-0.2, 0) is 6.54 Å². The molecule has 0 radical (unpaired) electrons. The van der Waals surface area contributed by atoms with Crippen molar-refractivity contribution < 1.29 is 9.50 Å². The zero-order valence-corrected chi connectivity index (χ0v) is 11.9. The van der Waals surface area contributed by atoms with Gasteiger partial charge in [0.05, 0.1) is 11.9 Å². The Labute approximate surface area is 123 Å². The van der Waals surface area contributed by atoms with Crippen LogP contribution in [0.25, 0.3) is 11.3 Å². The van der Waals surface area contributed by atoms with Gasteiger partial charge in [-0.1, -0.05) is 12.1 Å². The van der Waals surface area contributed by atoms with Gasteiger partial charge in [-0.3, -0.25) is 5.10 Å². The average molecular weight is 289 g/mol. The van der Waals surface area contributed by atoms with Crippen molar-refractivity contribution in [1.29, 1.82) is 0 Å². The highest BCUT2D eigenvalue weighted by Crippen LogP contribution is 2.47. The van der Waals surface area contributed by atoms with Crippen LogP contribution in [0.3, 0.4) is 0 Å². The molecular weight excluding hydrogens is 269 g/mol. The normalized spacial score (nSPS) is 16.1. The molecule has 0 bridgehead atoms. The fourth-order valence-electron chi connectivity index (χ4n) is 2.73. The quantitative estimate of drug-likeness (QED) is 0.734. The summed E-state index contributed by atoms with van der Waals surface area (Å²) in [5, 5.41) is 19.4. The number of hydrogen-bond acceptors (Lipinski definition) is 3. The Morgan fingerprint density at radius 2 is 2.14 bits per heavy atom. The lowest BCUT2D eigenvalue weighted by Crippen LogP contribution is -2.24. The molecule has 3 rings (SSSR count). The molecule has 1 saturated carbocycles. The van der Waals surface area contributed by atoms with Crippen molar-refractivity contribution in [2.75, 3.05) is 13.2 Å². The van der Waals surface area contributed by atoms with Crippen molar-refractivity contribution in [2.45, 2.75) is 25.8 Å². The number of aromatic amines is 1. The van der Waals surface area contributed by atoms with Crippen LogP contribution < -0.4 is 5.32 Å². The van der Waals surface area contributed by atoms with Gasteiger partial charge in [0.15, 0.2) is 0 Å². The maximum Gasteiger partial charge on any atom is 0.132 e. The van der Waals surface area contributed by atoms with E-state index in [1.54, 1.807) is 18.3 Å². The Morgan fingerprint density at radius 1 is 1.33 bits per heavy atom. The van der Waals surface area contributed by atoms with Gasteiger partial charge in [-0.15, -0.1) is 0 Å². The topological polar surface area (TPSA) is 60.9 Å². The standard InChI is InChI=1S/C16H20FN3O/c17-14-4-2-1-3-13(14)15-12(10-19-20-15)9-18-11-16(5-6-16)7-8-21/h1-4,10,18,21H,5-9,11H2,(H,19,20). The molecule has 0 saturated heterocycles. The van der Waals surface area contributed by atoms with Crippen LogP contribution in [-0.4, -0.2) is 28.5 Å². The fourth-order valence-corrected chi connectivity index (χ4v) is 2.73. The molecule has 0 spiro atoms. The van der Waals surface area contributed by atoms with Crippen molar-refractivity contribution in [2.24, 2.45) is 5.41 Å². The third-order valence-electron chi connectivity index (χ3n) is 4.28. The maximum atomic E-state index is 13.9. The van der Waals surface area contributed by atoms with E-state index >= 15 is 0 Å². The van der Waals surface area contributed by atoms with Gasteiger partial charge in [-0.05, 0) is 36.8 Å². The molecule has 5 heteroatoms. The van der Waals surface area contributed by atoms with Crippen molar-refractivity contribution in [1.82, 2.24) is 15.5 Å². The Hall–Kier alpha value is -1.72. The summed E-state index contributed by atoms with van der Waals surface area (Å²) in [7, 11) is 0.